The number of hydrogen-bond donors (Lipinski definition) is 1. The first kappa shape index (κ1) is 9.89. The first-order valence-corrected chi connectivity index (χ1v) is 4.75. The van der Waals surface area contributed by atoms with Gasteiger partial charge in [-0.1, -0.05) is 0 Å². The molecule has 0 aromatic carbocycles. The van der Waals surface area contributed by atoms with Gasteiger partial charge in [-0.2, -0.15) is 0 Å². The Morgan fingerprint density at radius 3 is 2.53 bits per heavy atom. The lowest BCUT2D eigenvalue weighted by atomic mass is 10.4. The third-order valence-corrected chi connectivity index (χ3v) is 2.52. The quantitative estimate of drug-likeness (QED) is 0.820. The maximum atomic E-state index is 11.1. The molecule has 0 amide bonds. The number of rotatable bonds is 4. The zero-order chi connectivity index (χ0) is 11.0. The molecule has 0 aliphatic heterocycles. The highest BCUT2D eigenvalue weighted by Gasteiger charge is 2.32. The number of ether oxygens (including phenoxy) is 2. The maximum absolute atomic E-state index is 11.1. The lowest BCUT2D eigenvalue weighted by Gasteiger charge is -2.04. The molecular weight excluding hydrogens is 198 g/mol. The van der Waals surface area contributed by atoms with Gasteiger partial charge in [0.1, 0.15) is 0 Å². The van der Waals surface area contributed by atoms with E-state index in [1.165, 1.54) is 14.2 Å². The number of carboxylic acid groups (broad SMARTS) is 1. The number of aromatic carboxylic acids is 1. The summed E-state index contributed by atoms with van der Waals surface area (Å²) in [5.74, 6) is -0.208. The Hall–Kier alpha value is -1.65. The minimum Gasteiger partial charge on any atom is -0.491 e. The van der Waals surface area contributed by atoms with Crippen molar-refractivity contribution >= 4 is 5.97 Å². The average Bonchev–Trinajstić information content (AvgIpc) is 2.97. The summed E-state index contributed by atoms with van der Waals surface area (Å²) in [6.45, 7) is 0. The van der Waals surface area contributed by atoms with Gasteiger partial charge in [0.05, 0.1) is 20.4 Å². The molecule has 1 N–H and O–H groups in total. The van der Waals surface area contributed by atoms with E-state index in [1.807, 2.05) is 0 Å². The van der Waals surface area contributed by atoms with Crippen molar-refractivity contribution in [1.82, 2.24) is 4.57 Å². The third-order valence-electron chi connectivity index (χ3n) is 2.52. The van der Waals surface area contributed by atoms with E-state index in [-0.39, 0.29) is 11.7 Å². The molecule has 1 saturated carbocycles. The van der Waals surface area contributed by atoms with E-state index in [4.69, 9.17) is 14.6 Å². The van der Waals surface area contributed by atoms with Gasteiger partial charge in [-0.3, -0.25) is 0 Å². The Balaban J connectivity index is 2.53. The SMILES string of the molecule is COc1cn(C2CC2)c(C(=O)O)c1OC. The van der Waals surface area contributed by atoms with E-state index in [2.05, 4.69) is 0 Å². The second-order valence-electron chi connectivity index (χ2n) is 3.52. The van der Waals surface area contributed by atoms with Crippen molar-refractivity contribution in [3.05, 3.63) is 11.9 Å². The molecule has 2 rings (SSSR count). The molecule has 1 fully saturated rings. The highest BCUT2D eigenvalue weighted by Crippen LogP contribution is 2.42. The fourth-order valence-corrected chi connectivity index (χ4v) is 1.67. The van der Waals surface area contributed by atoms with Crippen LogP contribution in [0.3, 0.4) is 0 Å². The van der Waals surface area contributed by atoms with Gasteiger partial charge < -0.3 is 19.1 Å². The molecule has 82 valence electrons. The summed E-state index contributed by atoms with van der Waals surface area (Å²) in [7, 11) is 2.95. The highest BCUT2D eigenvalue weighted by molar-refractivity contribution is 5.90. The lowest BCUT2D eigenvalue weighted by Crippen LogP contribution is -2.07. The van der Waals surface area contributed by atoms with Crippen molar-refractivity contribution in [3.8, 4) is 11.5 Å². The first-order valence-electron chi connectivity index (χ1n) is 4.75. The van der Waals surface area contributed by atoms with Gasteiger partial charge in [0, 0.05) is 6.04 Å². The van der Waals surface area contributed by atoms with Crippen LogP contribution in [0.2, 0.25) is 0 Å². The van der Waals surface area contributed by atoms with Crippen LogP contribution in [0.1, 0.15) is 29.4 Å². The maximum Gasteiger partial charge on any atom is 0.356 e. The smallest absolute Gasteiger partial charge is 0.356 e. The number of carboxylic acids is 1. The monoisotopic (exact) mass is 211 g/mol. The zero-order valence-electron chi connectivity index (χ0n) is 8.69. The van der Waals surface area contributed by atoms with E-state index >= 15 is 0 Å². The van der Waals surface area contributed by atoms with Crippen molar-refractivity contribution < 1.29 is 19.4 Å². The molecule has 0 spiro atoms. The fraction of sp³-hybridized carbons (Fsp3) is 0.500. The molecule has 0 radical (unpaired) electrons. The van der Waals surface area contributed by atoms with Gasteiger partial charge in [-0.05, 0) is 12.8 Å². The molecule has 5 heteroatoms. The van der Waals surface area contributed by atoms with Gasteiger partial charge >= 0.3 is 5.97 Å². The standard InChI is InChI=1S/C10H13NO4/c1-14-7-5-11(6-3-4-6)8(10(12)13)9(7)15-2/h5-6H,3-4H2,1-2H3,(H,12,13). The van der Waals surface area contributed by atoms with E-state index in [9.17, 15) is 4.79 Å². The predicted molar refractivity (Wildman–Crippen MR) is 52.8 cm³/mol. The number of aromatic nitrogens is 1. The van der Waals surface area contributed by atoms with Crippen LogP contribution < -0.4 is 9.47 Å². The number of nitrogens with zero attached hydrogens (tertiary/aromatic N) is 1. The van der Waals surface area contributed by atoms with Crippen molar-refractivity contribution in [3.63, 3.8) is 0 Å². The summed E-state index contributed by atoms with van der Waals surface area (Å²) in [4.78, 5) is 11.1. The Kier molecular flexibility index (Phi) is 2.30. The largest absolute Gasteiger partial charge is 0.491 e. The van der Waals surface area contributed by atoms with Crippen molar-refractivity contribution in [2.75, 3.05) is 14.2 Å². The Labute approximate surface area is 87.2 Å². The molecule has 1 aromatic rings. The van der Waals surface area contributed by atoms with Gasteiger partial charge in [-0.25, -0.2) is 4.79 Å². The summed E-state index contributed by atoms with van der Waals surface area (Å²) < 4.78 is 11.9. The van der Waals surface area contributed by atoms with Crippen LogP contribution in [-0.4, -0.2) is 29.9 Å². The van der Waals surface area contributed by atoms with Crippen LogP contribution in [0.25, 0.3) is 0 Å². The van der Waals surface area contributed by atoms with Crippen LogP contribution >= 0.6 is 0 Å². The molecule has 0 bridgehead atoms. The molecule has 15 heavy (non-hydrogen) atoms. The first-order chi connectivity index (χ1) is 7.19. The normalized spacial score (nSPS) is 15.1. The van der Waals surface area contributed by atoms with Crippen LogP contribution in [0.15, 0.2) is 6.20 Å². The van der Waals surface area contributed by atoms with Crippen LogP contribution in [0.4, 0.5) is 0 Å². The molecule has 1 heterocycles. The summed E-state index contributed by atoms with van der Waals surface area (Å²) in [6, 6.07) is 0.286. The number of methoxy groups -OCH3 is 2. The van der Waals surface area contributed by atoms with Gasteiger partial charge in [0.2, 0.25) is 0 Å². The van der Waals surface area contributed by atoms with E-state index < -0.39 is 5.97 Å². The van der Waals surface area contributed by atoms with E-state index in [1.54, 1.807) is 10.8 Å². The average molecular weight is 211 g/mol. The Morgan fingerprint density at radius 1 is 1.47 bits per heavy atom. The van der Waals surface area contributed by atoms with Crippen LogP contribution in [0, 0.1) is 0 Å². The molecule has 0 unspecified atom stereocenters. The summed E-state index contributed by atoms with van der Waals surface area (Å²) in [5.41, 5.74) is 0.178. The fourth-order valence-electron chi connectivity index (χ4n) is 1.67. The Morgan fingerprint density at radius 2 is 2.13 bits per heavy atom. The summed E-state index contributed by atoms with van der Waals surface area (Å²) >= 11 is 0. The van der Waals surface area contributed by atoms with Crippen LogP contribution in [-0.2, 0) is 0 Å². The molecule has 5 nitrogen and oxygen atoms in total. The van der Waals surface area contributed by atoms with Crippen molar-refractivity contribution in [2.45, 2.75) is 18.9 Å². The van der Waals surface area contributed by atoms with Gasteiger partial charge in [0.25, 0.3) is 0 Å². The molecule has 1 aromatic heterocycles. The zero-order valence-corrected chi connectivity index (χ0v) is 8.69. The van der Waals surface area contributed by atoms with Crippen LogP contribution in [0.5, 0.6) is 11.5 Å². The summed E-state index contributed by atoms with van der Waals surface area (Å²) in [5, 5.41) is 9.11. The van der Waals surface area contributed by atoms with Gasteiger partial charge in [-0.15, -0.1) is 0 Å². The molecule has 1 aliphatic carbocycles. The molecule has 1 aliphatic rings. The topological polar surface area (TPSA) is 60.7 Å². The lowest BCUT2D eigenvalue weighted by molar-refractivity contribution is 0.0680. The number of carbonyl (C=O) groups is 1. The minimum absolute atomic E-state index is 0.178. The molecule has 0 saturated heterocycles. The highest BCUT2D eigenvalue weighted by atomic mass is 16.5. The predicted octanol–water partition coefficient (Wildman–Crippen LogP) is 1.54. The second-order valence-corrected chi connectivity index (χ2v) is 3.52. The molecule has 0 atom stereocenters. The third kappa shape index (κ3) is 1.54. The van der Waals surface area contributed by atoms with E-state index in [0.717, 1.165) is 12.8 Å². The number of hydrogen-bond acceptors (Lipinski definition) is 3. The van der Waals surface area contributed by atoms with E-state index in [0.29, 0.717) is 11.5 Å². The second kappa shape index (κ2) is 3.49. The van der Waals surface area contributed by atoms with Crippen molar-refractivity contribution in [2.24, 2.45) is 0 Å². The minimum atomic E-state index is -0.984. The summed E-state index contributed by atoms with van der Waals surface area (Å²) in [6.07, 6.45) is 3.72. The van der Waals surface area contributed by atoms with Gasteiger partial charge in [0.15, 0.2) is 17.2 Å². The van der Waals surface area contributed by atoms with Crippen molar-refractivity contribution in [1.29, 1.82) is 0 Å². The molecular formula is C10H13NO4. The Bertz CT molecular complexity index is 392.